The number of ether oxygens (including phenoxy) is 1. The van der Waals surface area contributed by atoms with Crippen molar-refractivity contribution in [1.29, 1.82) is 0 Å². The third-order valence-corrected chi connectivity index (χ3v) is 4.30. The molecule has 2 aromatic heterocycles. The number of hydrogen-bond donors (Lipinski definition) is 1. The molecule has 2 heterocycles. The van der Waals surface area contributed by atoms with Gasteiger partial charge in [0.05, 0.1) is 23.8 Å². The third-order valence-electron chi connectivity index (χ3n) is 4.30. The van der Waals surface area contributed by atoms with Gasteiger partial charge in [-0.05, 0) is 51.8 Å². The van der Waals surface area contributed by atoms with Crippen LogP contribution in [0.1, 0.15) is 45.3 Å². The first-order chi connectivity index (χ1) is 11.9. The fourth-order valence-corrected chi connectivity index (χ4v) is 3.19. The van der Waals surface area contributed by atoms with Crippen molar-refractivity contribution in [1.82, 2.24) is 20.1 Å². The molecule has 3 rings (SSSR count). The average molecular weight is 342 g/mol. The number of aromatic nitrogens is 3. The topological polar surface area (TPSA) is 69.0 Å². The monoisotopic (exact) mass is 342 g/mol. The summed E-state index contributed by atoms with van der Waals surface area (Å²) in [5.41, 5.74) is 0.716. The lowest BCUT2D eigenvalue weighted by Gasteiger charge is -2.46. The van der Waals surface area contributed by atoms with E-state index in [2.05, 4.69) is 15.4 Å². The standard InChI is InChI=1S/C19H26N4O2/c1-19(2,3)25-16-13-15(18(16)23-12-6-11-21-23)22-17(24)9-8-14-7-4-5-10-20-14/h4-7,10-12,15-16,18H,8-9,13H2,1-3H3,(H,22,24)/t15-,16+,18+/m0/s1. The van der Waals surface area contributed by atoms with Gasteiger partial charge in [0, 0.05) is 30.7 Å². The van der Waals surface area contributed by atoms with Gasteiger partial charge in [-0.2, -0.15) is 5.10 Å². The normalized spacial score (nSPS) is 23.1. The quantitative estimate of drug-likeness (QED) is 0.876. The molecule has 0 aliphatic heterocycles. The number of nitrogens with zero attached hydrogens (tertiary/aromatic N) is 3. The summed E-state index contributed by atoms with van der Waals surface area (Å²) < 4.78 is 8.02. The molecule has 1 amide bonds. The minimum Gasteiger partial charge on any atom is -0.370 e. The summed E-state index contributed by atoms with van der Waals surface area (Å²) in [7, 11) is 0. The molecule has 25 heavy (non-hydrogen) atoms. The molecular formula is C19H26N4O2. The fraction of sp³-hybridized carbons (Fsp3) is 0.526. The van der Waals surface area contributed by atoms with Crippen LogP contribution in [0.5, 0.6) is 0 Å². The van der Waals surface area contributed by atoms with Crippen LogP contribution in [0.4, 0.5) is 0 Å². The number of amides is 1. The summed E-state index contributed by atoms with van der Waals surface area (Å²) in [5.74, 6) is 0.0435. The van der Waals surface area contributed by atoms with Crippen LogP contribution < -0.4 is 5.32 Å². The number of carbonyl (C=O) groups is 1. The summed E-state index contributed by atoms with van der Waals surface area (Å²) >= 11 is 0. The lowest BCUT2D eigenvalue weighted by atomic mass is 9.82. The van der Waals surface area contributed by atoms with Crippen LogP contribution in [0.15, 0.2) is 42.9 Å². The van der Waals surface area contributed by atoms with E-state index < -0.39 is 0 Å². The number of rotatable bonds is 6. The van der Waals surface area contributed by atoms with Gasteiger partial charge >= 0.3 is 0 Å². The maximum Gasteiger partial charge on any atom is 0.220 e. The molecule has 0 saturated heterocycles. The number of nitrogens with one attached hydrogen (secondary N) is 1. The molecule has 6 heteroatoms. The first kappa shape index (κ1) is 17.6. The van der Waals surface area contributed by atoms with Crippen molar-refractivity contribution in [2.45, 2.75) is 63.8 Å². The van der Waals surface area contributed by atoms with Gasteiger partial charge in [-0.25, -0.2) is 0 Å². The Morgan fingerprint density at radius 3 is 2.80 bits per heavy atom. The van der Waals surface area contributed by atoms with Crippen molar-refractivity contribution in [2.75, 3.05) is 0 Å². The van der Waals surface area contributed by atoms with E-state index in [1.807, 2.05) is 55.9 Å². The maximum atomic E-state index is 12.3. The number of hydrogen-bond acceptors (Lipinski definition) is 4. The lowest BCUT2D eigenvalue weighted by molar-refractivity contribution is -0.142. The zero-order chi connectivity index (χ0) is 17.9. The predicted octanol–water partition coefficient (Wildman–Crippen LogP) is 2.52. The van der Waals surface area contributed by atoms with Gasteiger partial charge < -0.3 is 10.1 Å². The summed E-state index contributed by atoms with van der Waals surface area (Å²) in [6, 6.07) is 7.73. The van der Waals surface area contributed by atoms with E-state index in [1.54, 1.807) is 12.4 Å². The molecule has 1 aliphatic rings. The Kier molecular flexibility index (Phi) is 5.18. The van der Waals surface area contributed by atoms with Crippen LogP contribution >= 0.6 is 0 Å². The SMILES string of the molecule is CC(C)(C)O[C@@H]1C[C@H](NC(=O)CCc2ccccn2)[C@H]1n1cccn1. The van der Waals surface area contributed by atoms with E-state index in [-0.39, 0.29) is 29.7 Å². The molecule has 134 valence electrons. The second kappa shape index (κ2) is 7.35. The highest BCUT2D eigenvalue weighted by molar-refractivity contribution is 5.76. The Labute approximate surface area is 148 Å². The van der Waals surface area contributed by atoms with Crippen molar-refractivity contribution in [3.05, 3.63) is 48.5 Å². The highest BCUT2D eigenvalue weighted by atomic mass is 16.5. The van der Waals surface area contributed by atoms with Crippen molar-refractivity contribution in [2.24, 2.45) is 0 Å². The van der Waals surface area contributed by atoms with Crippen molar-refractivity contribution in [3.63, 3.8) is 0 Å². The fourth-order valence-electron chi connectivity index (χ4n) is 3.19. The van der Waals surface area contributed by atoms with E-state index in [0.29, 0.717) is 12.8 Å². The summed E-state index contributed by atoms with van der Waals surface area (Å²) in [6.45, 7) is 6.14. The molecule has 3 atom stereocenters. The number of carbonyl (C=O) groups excluding carboxylic acids is 1. The summed E-state index contributed by atoms with van der Waals surface area (Å²) in [6.07, 6.45) is 7.37. The van der Waals surface area contributed by atoms with E-state index in [1.165, 1.54) is 0 Å². The van der Waals surface area contributed by atoms with Crippen LogP contribution in [-0.4, -0.2) is 38.4 Å². The van der Waals surface area contributed by atoms with Crippen LogP contribution in [0, 0.1) is 0 Å². The van der Waals surface area contributed by atoms with Gasteiger partial charge in [0.1, 0.15) is 0 Å². The molecule has 0 radical (unpaired) electrons. The molecule has 1 aliphatic carbocycles. The minimum absolute atomic E-state index is 0.0352. The molecule has 0 aromatic carbocycles. The molecule has 1 N–H and O–H groups in total. The molecule has 0 spiro atoms. The first-order valence-corrected chi connectivity index (χ1v) is 8.78. The summed E-state index contributed by atoms with van der Waals surface area (Å²) in [5, 5.41) is 7.48. The van der Waals surface area contributed by atoms with Gasteiger partial charge in [0.2, 0.25) is 5.91 Å². The predicted molar refractivity (Wildman–Crippen MR) is 95.0 cm³/mol. The Hall–Kier alpha value is -2.21. The summed E-state index contributed by atoms with van der Waals surface area (Å²) in [4.78, 5) is 16.6. The largest absolute Gasteiger partial charge is 0.370 e. The third kappa shape index (κ3) is 4.66. The van der Waals surface area contributed by atoms with Crippen LogP contribution in [-0.2, 0) is 16.0 Å². The van der Waals surface area contributed by atoms with E-state index in [4.69, 9.17) is 4.74 Å². The molecule has 2 aromatic rings. The zero-order valence-corrected chi connectivity index (χ0v) is 15.1. The Morgan fingerprint density at radius 1 is 1.32 bits per heavy atom. The van der Waals surface area contributed by atoms with Crippen LogP contribution in [0.3, 0.4) is 0 Å². The van der Waals surface area contributed by atoms with Crippen molar-refractivity contribution in [3.8, 4) is 0 Å². The van der Waals surface area contributed by atoms with E-state index in [9.17, 15) is 4.79 Å². The minimum atomic E-state index is -0.218. The second-order valence-electron chi connectivity index (χ2n) is 7.48. The Bertz CT molecular complexity index is 679. The van der Waals surface area contributed by atoms with Gasteiger partial charge in [-0.3, -0.25) is 14.5 Å². The maximum absolute atomic E-state index is 12.3. The molecule has 0 bridgehead atoms. The van der Waals surface area contributed by atoms with E-state index >= 15 is 0 Å². The number of aryl methyl sites for hydroxylation is 1. The average Bonchev–Trinajstić information content (AvgIpc) is 3.05. The molecule has 6 nitrogen and oxygen atoms in total. The smallest absolute Gasteiger partial charge is 0.220 e. The molecule has 0 unspecified atom stereocenters. The zero-order valence-electron chi connectivity index (χ0n) is 15.1. The van der Waals surface area contributed by atoms with Crippen molar-refractivity contribution >= 4 is 5.91 Å². The Balaban J connectivity index is 1.57. The van der Waals surface area contributed by atoms with Gasteiger partial charge in [0.25, 0.3) is 0 Å². The second-order valence-corrected chi connectivity index (χ2v) is 7.48. The molecular weight excluding hydrogens is 316 g/mol. The van der Waals surface area contributed by atoms with Gasteiger partial charge in [0.15, 0.2) is 0 Å². The lowest BCUT2D eigenvalue weighted by Crippen LogP contribution is -2.58. The van der Waals surface area contributed by atoms with E-state index in [0.717, 1.165) is 12.1 Å². The Morgan fingerprint density at radius 2 is 2.16 bits per heavy atom. The van der Waals surface area contributed by atoms with Gasteiger partial charge in [-0.15, -0.1) is 0 Å². The van der Waals surface area contributed by atoms with Crippen LogP contribution in [0.25, 0.3) is 0 Å². The van der Waals surface area contributed by atoms with Crippen LogP contribution in [0.2, 0.25) is 0 Å². The highest BCUT2D eigenvalue weighted by Crippen LogP contribution is 2.37. The molecule has 1 saturated carbocycles. The first-order valence-electron chi connectivity index (χ1n) is 8.78. The van der Waals surface area contributed by atoms with Gasteiger partial charge in [-0.1, -0.05) is 6.07 Å². The highest BCUT2D eigenvalue weighted by Gasteiger charge is 2.46. The molecule has 1 fully saturated rings. The van der Waals surface area contributed by atoms with Crippen molar-refractivity contribution < 1.29 is 9.53 Å². The number of pyridine rings is 1.